The summed E-state index contributed by atoms with van der Waals surface area (Å²) in [5.41, 5.74) is -0.134. The van der Waals surface area contributed by atoms with E-state index in [4.69, 9.17) is 5.26 Å². The number of amides is 1. The van der Waals surface area contributed by atoms with Crippen molar-refractivity contribution in [3.63, 3.8) is 0 Å². The summed E-state index contributed by atoms with van der Waals surface area (Å²) >= 11 is 0. The Labute approximate surface area is 92.3 Å². The van der Waals surface area contributed by atoms with Gasteiger partial charge in [-0.2, -0.15) is 5.26 Å². The molecule has 0 saturated carbocycles. The molecule has 1 aromatic rings. The molecule has 84 valence electrons. The fourth-order valence-electron chi connectivity index (χ4n) is 1.18. The van der Waals surface area contributed by atoms with Gasteiger partial charge in [0.15, 0.2) is 0 Å². The molecule has 0 heterocycles. The van der Waals surface area contributed by atoms with Gasteiger partial charge in [0, 0.05) is 6.04 Å². The number of nitrogens with one attached hydrogen (secondary N) is 1. The first-order chi connectivity index (χ1) is 7.54. The van der Waals surface area contributed by atoms with Gasteiger partial charge in [0.2, 0.25) is 0 Å². The average Bonchev–Trinajstić information content (AvgIpc) is 2.21. The van der Waals surface area contributed by atoms with E-state index < -0.39 is 11.7 Å². The monoisotopic (exact) mass is 222 g/mol. The standard InChI is InChI=1S/C11H11FN2O2/c1-7(4-5-13)14-11(16)9-6-8(12)2-3-10(9)15/h2-3,6-7,15H,4H2,1H3,(H,14,16)/t7-/m0/s1. The second kappa shape index (κ2) is 5.12. The van der Waals surface area contributed by atoms with E-state index in [1.165, 1.54) is 0 Å². The Morgan fingerprint density at radius 3 is 3.00 bits per heavy atom. The smallest absolute Gasteiger partial charge is 0.255 e. The fraction of sp³-hybridized carbons (Fsp3) is 0.273. The summed E-state index contributed by atoms with van der Waals surface area (Å²) in [7, 11) is 0. The molecule has 0 aliphatic carbocycles. The van der Waals surface area contributed by atoms with Gasteiger partial charge >= 0.3 is 0 Å². The first-order valence-electron chi connectivity index (χ1n) is 4.71. The van der Waals surface area contributed by atoms with Crippen LogP contribution < -0.4 is 5.32 Å². The highest BCUT2D eigenvalue weighted by atomic mass is 19.1. The van der Waals surface area contributed by atoms with Crippen LogP contribution in [-0.2, 0) is 0 Å². The Morgan fingerprint density at radius 1 is 1.69 bits per heavy atom. The lowest BCUT2D eigenvalue weighted by atomic mass is 10.1. The highest BCUT2D eigenvalue weighted by Crippen LogP contribution is 2.17. The number of nitrogens with zero attached hydrogens (tertiary/aromatic N) is 1. The largest absolute Gasteiger partial charge is 0.507 e. The zero-order valence-corrected chi connectivity index (χ0v) is 8.70. The molecular weight excluding hydrogens is 211 g/mol. The second-order valence-electron chi connectivity index (χ2n) is 3.40. The summed E-state index contributed by atoms with van der Waals surface area (Å²) in [6.07, 6.45) is 0.155. The van der Waals surface area contributed by atoms with Crippen LogP contribution in [0.1, 0.15) is 23.7 Å². The molecule has 5 heteroatoms. The van der Waals surface area contributed by atoms with Crippen molar-refractivity contribution in [1.82, 2.24) is 5.32 Å². The van der Waals surface area contributed by atoms with E-state index in [-0.39, 0.29) is 23.8 Å². The van der Waals surface area contributed by atoms with Crippen LogP contribution in [0.15, 0.2) is 18.2 Å². The zero-order valence-electron chi connectivity index (χ0n) is 8.70. The van der Waals surface area contributed by atoms with Gasteiger partial charge in [-0.05, 0) is 25.1 Å². The SMILES string of the molecule is C[C@@H](CC#N)NC(=O)c1cc(F)ccc1O. The molecule has 1 aromatic carbocycles. The maximum absolute atomic E-state index is 12.8. The third-order valence-electron chi connectivity index (χ3n) is 1.98. The summed E-state index contributed by atoms with van der Waals surface area (Å²) in [4.78, 5) is 11.6. The number of aromatic hydroxyl groups is 1. The lowest BCUT2D eigenvalue weighted by molar-refractivity contribution is 0.0937. The van der Waals surface area contributed by atoms with E-state index in [1.807, 2.05) is 6.07 Å². The quantitative estimate of drug-likeness (QED) is 0.815. The number of carbonyl (C=O) groups is 1. The van der Waals surface area contributed by atoms with Crippen molar-refractivity contribution < 1.29 is 14.3 Å². The van der Waals surface area contributed by atoms with Crippen molar-refractivity contribution >= 4 is 5.91 Å². The van der Waals surface area contributed by atoms with E-state index in [9.17, 15) is 14.3 Å². The van der Waals surface area contributed by atoms with Crippen molar-refractivity contribution in [1.29, 1.82) is 5.26 Å². The normalized spacial score (nSPS) is 11.6. The van der Waals surface area contributed by atoms with E-state index in [0.717, 1.165) is 18.2 Å². The Hall–Kier alpha value is -2.09. The molecule has 2 N–H and O–H groups in total. The number of nitriles is 1. The van der Waals surface area contributed by atoms with Gasteiger partial charge < -0.3 is 10.4 Å². The van der Waals surface area contributed by atoms with E-state index >= 15 is 0 Å². The van der Waals surface area contributed by atoms with Gasteiger partial charge in [0.25, 0.3) is 5.91 Å². The maximum atomic E-state index is 12.8. The second-order valence-corrected chi connectivity index (χ2v) is 3.40. The minimum Gasteiger partial charge on any atom is -0.507 e. The molecule has 1 amide bonds. The third kappa shape index (κ3) is 2.95. The first-order valence-corrected chi connectivity index (χ1v) is 4.71. The zero-order chi connectivity index (χ0) is 12.1. The van der Waals surface area contributed by atoms with Crippen LogP contribution in [0.25, 0.3) is 0 Å². The number of hydrogen-bond donors (Lipinski definition) is 2. The van der Waals surface area contributed by atoms with Crippen molar-refractivity contribution in [3.05, 3.63) is 29.6 Å². The highest BCUT2D eigenvalue weighted by Gasteiger charge is 2.14. The number of benzene rings is 1. The molecule has 1 atom stereocenters. The van der Waals surface area contributed by atoms with E-state index in [2.05, 4.69) is 5.32 Å². The van der Waals surface area contributed by atoms with Gasteiger partial charge in [-0.25, -0.2) is 4.39 Å². The Bertz CT molecular complexity index is 440. The molecule has 0 radical (unpaired) electrons. The molecule has 0 spiro atoms. The van der Waals surface area contributed by atoms with Crippen LogP contribution in [0.3, 0.4) is 0 Å². The number of phenolic OH excluding ortho intramolecular Hbond substituents is 1. The molecule has 1 rings (SSSR count). The Morgan fingerprint density at radius 2 is 2.38 bits per heavy atom. The predicted octanol–water partition coefficient (Wildman–Crippen LogP) is 1.56. The lowest BCUT2D eigenvalue weighted by Crippen LogP contribution is -2.32. The molecule has 0 saturated heterocycles. The van der Waals surface area contributed by atoms with Crippen LogP contribution in [0.5, 0.6) is 5.75 Å². The predicted molar refractivity (Wildman–Crippen MR) is 55.2 cm³/mol. The molecule has 0 fully saturated rings. The molecule has 4 nitrogen and oxygen atoms in total. The van der Waals surface area contributed by atoms with Crippen molar-refractivity contribution in [3.8, 4) is 11.8 Å². The highest BCUT2D eigenvalue weighted by molar-refractivity contribution is 5.96. The molecule has 0 aromatic heterocycles. The summed E-state index contributed by atoms with van der Waals surface area (Å²) in [6, 6.07) is 4.67. The number of rotatable bonds is 3. The molecule has 0 aliphatic heterocycles. The number of carbonyl (C=O) groups excluding carboxylic acids is 1. The van der Waals surface area contributed by atoms with Crippen molar-refractivity contribution in [2.75, 3.05) is 0 Å². The molecule has 0 bridgehead atoms. The molecular formula is C11H11FN2O2. The maximum Gasteiger partial charge on any atom is 0.255 e. The minimum absolute atomic E-state index is 0.134. The van der Waals surface area contributed by atoms with Crippen LogP contribution in [0, 0.1) is 17.1 Å². The molecule has 0 unspecified atom stereocenters. The molecule has 16 heavy (non-hydrogen) atoms. The van der Waals surface area contributed by atoms with E-state index in [1.54, 1.807) is 6.92 Å². The topological polar surface area (TPSA) is 73.1 Å². The van der Waals surface area contributed by atoms with Crippen LogP contribution in [0.4, 0.5) is 4.39 Å². The number of halogens is 1. The van der Waals surface area contributed by atoms with Crippen LogP contribution in [0.2, 0.25) is 0 Å². The summed E-state index contributed by atoms with van der Waals surface area (Å²) in [5, 5.41) is 20.2. The third-order valence-corrected chi connectivity index (χ3v) is 1.98. The van der Waals surface area contributed by atoms with Gasteiger partial charge in [0.05, 0.1) is 18.1 Å². The Balaban J connectivity index is 2.81. The van der Waals surface area contributed by atoms with Gasteiger partial charge in [-0.1, -0.05) is 0 Å². The van der Waals surface area contributed by atoms with Gasteiger partial charge in [0.1, 0.15) is 11.6 Å². The minimum atomic E-state index is -0.601. The lowest BCUT2D eigenvalue weighted by Gasteiger charge is -2.11. The molecule has 0 aliphatic rings. The summed E-state index contributed by atoms with van der Waals surface area (Å²) < 4.78 is 12.8. The fourth-order valence-corrected chi connectivity index (χ4v) is 1.18. The van der Waals surface area contributed by atoms with Crippen molar-refractivity contribution in [2.24, 2.45) is 0 Å². The van der Waals surface area contributed by atoms with Crippen molar-refractivity contribution in [2.45, 2.75) is 19.4 Å². The number of hydrogen-bond acceptors (Lipinski definition) is 3. The summed E-state index contributed by atoms with van der Waals surface area (Å²) in [5.74, 6) is -1.49. The first kappa shape index (κ1) is 12.0. The van der Waals surface area contributed by atoms with Gasteiger partial charge in [-0.15, -0.1) is 0 Å². The Kier molecular flexibility index (Phi) is 3.84. The van der Waals surface area contributed by atoms with Gasteiger partial charge in [-0.3, -0.25) is 4.79 Å². The number of phenols is 1. The summed E-state index contributed by atoms with van der Waals surface area (Å²) in [6.45, 7) is 1.65. The average molecular weight is 222 g/mol. The van der Waals surface area contributed by atoms with Crippen LogP contribution >= 0.6 is 0 Å². The van der Waals surface area contributed by atoms with E-state index in [0.29, 0.717) is 0 Å². The van der Waals surface area contributed by atoms with Crippen LogP contribution in [-0.4, -0.2) is 17.1 Å².